The largest absolute Gasteiger partial charge is 0.350 e. The number of carbonyl (C=O) groups excluding carboxylic acids is 1. The number of sulfonamides is 1. The Labute approximate surface area is 169 Å². The van der Waals surface area contributed by atoms with E-state index >= 15 is 0 Å². The molecule has 0 aliphatic heterocycles. The summed E-state index contributed by atoms with van der Waals surface area (Å²) in [5.74, 6) is -0.441. The van der Waals surface area contributed by atoms with Crippen LogP contribution in [0, 0.1) is 0 Å². The zero-order valence-electron chi connectivity index (χ0n) is 14.0. The molecule has 0 saturated carbocycles. The number of carbonyl (C=O) groups is 1. The van der Waals surface area contributed by atoms with Crippen molar-refractivity contribution in [3.8, 4) is 0 Å². The number of hydrogen-bond acceptors (Lipinski definition) is 5. The van der Waals surface area contributed by atoms with Crippen LogP contribution in [-0.2, 0) is 21.4 Å². The molecule has 2 N–H and O–H groups in total. The number of hydrogen-bond donors (Lipinski definition) is 2. The summed E-state index contributed by atoms with van der Waals surface area (Å²) in [5.41, 5.74) is 1.38. The second-order valence-electron chi connectivity index (χ2n) is 5.60. The number of amides is 1. The van der Waals surface area contributed by atoms with Crippen molar-refractivity contribution in [1.29, 1.82) is 0 Å². The first-order valence-corrected chi connectivity index (χ1v) is 11.0. The first kappa shape index (κ1) is 19.7. The minimum Gasteiger partial charge on any atom is -0.350 e. The summed E-state index contributed by atoms with van der Waals surface area (Å²) in [5, 5.41) is 2.77. The van der Waals surface area contributed by atoms with E-state index in [9.17, 15) is 13.2 Å². The van der Waals surface area contributed by atoms with Crippen LogP contribution in [0.5, 0.6) is 0 Å². The van der Waals surface area contributed by atoms with E-state index in [1.54, 1.807) is 54.9 Å². The number of nitrogens with zero attached hydrogens (tertiary/aromatic N) is 1. The van der Waals surface area contributed by atoms with Crippen molar-refractivity contribution in [3.63, 3.8) is 0 Å². The van der Waals surface area contributed by atoms with Gasteiger partial charge in [-0.2, -0.15) is 4.72 Å². The summed E-state index contributed by atoms with van der Waals surface area (Å²) in [6.07, 6.45) is 3.29. The molecular formula is C18H16BrN3O3S2. The molecule has 140 valence electrons. The van der Waals surface area contributed by atoms with Gasteiger partial charge in [0, 0.05) is 18.9 Å². The number of pyridine rings is 1. The van der Waals surface area contributed by atoms with Crippen LogP contribution in [0.4, 0.5) is 0 Å². The highest BCUT2D eigenvalue weighted by Crippen LogP contribution is 2.27. The van der Waals surface area contributed by atoms with Gasteiger partial charge in [0.05, 0.1) is 3.79 Å². The molecule has 1 amide bonds. The molecule has 6 nitrogen and oxygen atoms in total. The SMILES string of the molecule is O=C(NCc1cccnc1)C(NS(=O)(=O)c1ccc(Br)s1)c1ccccc1. The van der Waals surface area contributed by atoms with Gasteiger partial charge in [-0.3, -0.25) is 9.78 Å². The zero-order valence-corrected chi connectivity index (χ0v) is 17.2. The number of halogens is 1. The molecule has 0 bridgehead atoms. The fourth-order valence-corrected chi connectivity index (χ4v) is 5.58. The van der Waals surface area contributed by atoms with Gasteiger partial charge in [0.15, 0.2) is 0 Å². The van der Waals surface area contributed by atoms with Crippen LogP contribution in [0.1, 0.15) is 17.2 Å². The molecule has 2 heterocycles. The van der Waals surface area contributed by atoms with Crippen LogP contribution in [0.15, 0.2) is 75.0 Å². The molecule has 0 radical (unpaired) electrons. The van der Waals surface area contributed by atoms with Gasteiger partial charge in [0.25, 0.3) is 10.0 Å². The third-order valence-corrected chi connectivity index (χ3v) is 7.21. The Hall–Kier alpha value is -2.07. The predicted octanol–water partition coefficient (Wildman–Crippen LogP) is 3.24. The molecular weight excluding hydrogens is 450 g/mol. The maximum absolute atomic E-state index is 12.8. The topological polar surface area (TPSA) is 88.2 Å². The predicted molar refractivity (Wildman–Crippen MR) is 108 cm³/mol. The molecule has 2 aromatic heterocycles. The maximum atomic E-state index is 12.8. The summed E-state index contributed by atoms with van der Waals surface area (Å²) in [7, 11) is -3.85. The number of nitrogens with one attached hydrogen (secondary N) is 2. The molecule has 3 rings (SSSR count). The van der Waals surface area contributed by atoms with Crippen LogP contribution in [0.3, 0.4) is 0 Å². The highest BCUT2D eigenvalue weighted by Gasteiger charge is 2.28. The van der Waals surface area contributed by atoms with Gasteiger partial charge in [0.1, 0.15) is 10.3 Å². The van der Waals surface area contributed by atoms with Crippen molar-refractivity contribution < 1.29 is 13.2 Å². The molecule has 1 unspecified atom stereocenters. The van der Waals surface area contributed by atoms with Crippen molar-refractivity contribution in [3.05, 3.63) is 81.9 Å². The lowest BCUT2D eigenvalue weighted by atomic mass is 10.1. The Morgan fingerprint density at radius 1 is 1.11 bits per heavy atom. The lowest BCUT2D eigenvalue weighted by Gasteiger charge is -2.18. The Kier molecular flexibility index (Phi) is 6.38. The lowest BCUT2D eigenvalue weighted by molar-refractivity contribution is -0.123. The summed E-state index contributed by atoms with van der Waals surface area (Å²) >= 11 is 4.34. The molecule has 1 atom stereocenters. The highest BCUT2D eigenvalue weighted by atomic mass is 79.9. The third kappa shape index (κ3) is 5.23. The molecule has 3 aromatic rings. The normalized spacial score (nSPS) is 12.5. The van der Waals surface area contributed by atoms with Crippen molar-refractivity contribution in [2.45, 2.75) is 16.8 Å². The van der Waals surface area contributed by atoms with Gasteiger partial charge in [-0.15, -0.1) is 11.3 Å². The smallest absolute Gasteiger partial charge is 0.251 e. The minimum atomic E-state index is -3.85. The van der Waals surface area contributed by atoms with Crippen LogP contribution < -0.4 is 10.0 Å². The van der Waals surface area contributed by atoms with E-state index in [0.717, 1.165) is 16.9 Å². The maximum Gasteiger partial charge on any atom is 0.251 e. The van der Waals surface area contributed by atoms with Crippen LogP contribution in [0.2, 0.25) is 0 Å². The Balaban J connectivity index is 1.82. The van der Waals surface area contributed by atoms with E-state index in [-0.39, 0.29) is 10.8 Å². The molecule has 27 heavy (non-hydrogen) atoms. The second-order valence-corrected chi connectivity index (χ2v) is 10.0. The molecule has 0 aliphatic carbocycles. The van der Waals surface area contributed by atoms with Gasteiger partial charge in [0.2, 0.25) is 5.91 Å². The first-order chi connectivity index (χ1) is 13.0. The van der Waals surface area contributed by atoms with E-state index in [1.807, 2.05) is 6.07 Å². The summed E-state index contributed by atoms with van der Waals surface area (Å²) in [6.45, 7) is 0.252. The minimum absolute atomic E-state index is 0.135. The van der Waals surface area contributed by atoms with Crippen LogP contribution >= 0.6 is 27.3 Å². The quantitative estimate of drug-likeness (QED) is 0.560. The van der Waals surface area contributed by atoms with Crippen molar-refractivity contribution >= 4 is 43.2 Å². The van der Waals surface area contributed by atoms with Crippen molar-refractivity contribution in [1.82, 2.24) is 15.0 Å². The fraction of sp³-hybridized carbons (Fsp3) is 0.111. The average molecular weight is 466 g/mol. The number of rotatable bonds is 7. The van der Waals surface area contributed by atoms with Gasteiger partial charge in [-0.25, -0.2) is 8.42 Å². The monoisotopic (exact) mass is 465 g/mol. The van der Waals surface area contributed by atoms with Crippen molar-refractivity contribution in [2.75, 3.05) is 0 Å². The first-order valence-electron chi connectivity index (χ1n) is 7.95. The van der Waals surface area contributed by atoms with E-state index < -0.39 is 22.0 Å². The average Bonchev–Trinajstić information content (AvgIpc) is 3.13. The lowest BCUT2D eigenvalue weighted by Crippen LogP contribution is -2.40. The molecule has 1 aromatic carbocycles. The zero-order chi connectivity index (χ0) is 19.3. The van der Waals surface area contributed by atoms with Gasteiger partial charge >= 0.3 is 0 Å². The molecule has 0 aliphatic rings. The van der Waals surface area contributed by atoms with Crippen molar-refractivity contribution in [2.24, 2.45) is 0 Å². The van der Waals surface area contributed by atoms with Crippen LogP contribution in [0.25, 0.3) is 0 Å². The van der Waals surface area contributed by atoms with Gasteiger partial charge in [-0.05, 0) is 45.3 Å². The number of thiophene rings is 1. The molecule has 0 saturated heterocycles. The summed E-state index contributed by atoms with van der Waals surface area (Å²) in [6, 6.07) is 14.4. The Morgan fingerprint density at radius 3 is 2.52 bits per heavy atom. The summed E-state index contributed by atoms with van der Waals surface area (Å²) < 4.78 is 28.7. The van der Waals surface area contributed by atoms with E-state index in [1.165, 1.54) is 6.07 Å². The fourth-order valence-electron chi connectivity index (χ4n) is 2.37. The van der Waals surface area contributed by atoms with E-state index in [4.69, 9.17) is 0 Å². The Bertz CT molecular complexity index is 1010. The number of benzene rings is 1. The van der Waals surface area contributed by atoms with Gasteiger partial charge < -0.3 is 5.32 Å². The highest BCUT2D eigenvalue weighted by molar-refractivity contribution is 9.11. The Morgan fingerprint density at radius 2 is 1.89 bits per heavy atom. The molecule has 9 heteroatoms. The number of aromatic nitrogens is 1. The van der Waals surface area contributed by atoms with Gasteiger partial charge in [-0.1, -0.05) is 36.4 Å². The summed E-state index contributed by atoms with van der Waals surface area (Å²) in [4.78, 5) is 16.8. The standard InChI is InChI=1S/C18H16BrN3O3S2/c19-15-8-9-16(26-15)27(24,25)22-17(14-6-2-1-3-7-14)18(23)21-12-13-5-4-10-20-11-13/h1-11,17,22H,12H2,(H,21,23). The van der Waals surface area contributed by atoms with E-state index in [2.05, 4.69) is 31.0 Å². The van der Waals surface area contributed by atoms with E-state index in [0.29, 0.717) is 9.35 Å². The molecule has 0 fully saturated rings. The van der Waals surface area contributed by atoms with Crippen LogP contribution in [-0.4, -0.2) is 19.3 Å². The second kappa shape index (κ2) is 8.75. The molecule has 0 spiro atoms. The third-order valence-electron chi connectivity index (χ3n) is 3.67.